The van der Waals surface area contributed by atoms with Gasteiger partial charge >= 0.3 is 31.3 Å². The molecule has 0 aromatic rings. The molecule has 6 nitrogen and oxygen atoms in total. The summed E-state index contributed by atoms with van der Waals surface area (Å²) in [6, 6.07) is 0. The zero-order valence-electron chi connectivity index (χ0n) is 12.6. The molecule has 0 unspecified atom stereocenters. The van der Waals surface area contributed by atoms with Crippen LogP contribution in [0.15, 0.2) is 23.7 Å². The molecule has 14 heteroatoms. The summed E-state index contributed by atoms with van der Waals surface area (Å²) in [6.45, 7) is 2.25. The van der Waals surface area contributed by atoms with Gasteiger partial charge in [0.05, 0.1) is 5.41 Å². The van der Waals surface area contributed by atoms with E-state index in [2.05, 4.69) is 8.37 Å². The Morgan fingerprint density at radius 1 is 0.920 bits per heavy atom. The summed E-state index contributed by atoms with van der Waals surface area (Å²) in [5, 5.41) is 0. The Morgan fingerprint density at radius 3 is 1.48 bits per heavy atom. The van der Waals surface area contributed by atoms with Crippen LogP contribution >= 0.6 is 0 Å². The molecule has 1 rings (SSSR count). The molecule has 0 atom stereocenters. The minimum absolute atomic E-state index is 0.314. The molecule has 0 aromatic heterocycles. The topological polar surface area (TPSA) is 86.7 Å². The van der Waals surface area contributed by atoms with Crippen LogP contribution in [0.4, 0.5) is 26.3 Å². The molecular formula is C11H12F6O6S2. The average Bonchev–Trinajstić information content (AvgIpc) is 2.40. The Bertz CT molecular complexity index is 726. The van der Waals surface area contributed by atoms with Crippen LogP contribution in [0.3, 0.4) is 0 Å². The van der Waals surface area contributed by atoms with E-state index < -0.39 is 54.6 Å². The van der Waals surface area contributed by atoms with E-state index in [-0.39, 0.29) is 6.42 Å². The first-order valence-electron chi connectivity index (χ1n) is 6.40. The van der Waals surface area contributed by atoms with Crippen molar-refractivity contribution < 1.29 is 51.5 Å². The molecule has 0 N–H and O–H groups in total. The van der Waals surface area contributed by atoms with E-state index in [9.17, 15) is 43.2 Å². The summed E-state index contributed by atoms with van der Waals surface area (Å²) < 4.78 is 127. The number of halogens is 6. The monoisotopic (exact) mass is 418 g/mol. The fourth-order valence-electron chi connectivity index (χ4n) is 1.78. The van der Waals surface area contributed by atoms with Crippen molar-refractivity contribution in [3.63, 3.8) is 0 Å². The Morgan fingerprint density at radius 2 is 1.24 bits per heavy atom. The van der Waals surface area contributed by atoms with Crippen LogP contribution in [0.1, 0.15) is 26.7 Å². The number of rotatable bonds is 5. The first kappa shape index (κ1) is 21.6. The fraction of sp³-hybridized carbons (Fsp3) is 0.636. The highest BCUT2D eigenvalue weighted by atomic mass is 32.2. The molecule has 0 fully saturated rings. The van der Waals surface area contributed by atoms with Crippen molar-refractivity contribution in [2.24, 2.45) is 5.41 Å². The number of hydrogen-bond acceptors (Lipinski definition) is 6. The van der Waals surface area contributed by atoms with Gasteiger partial charge in [0.15, 0.2) is 0 Å². The summed E-state index contributed by atoms with van der Waals surface area (Å²) in [4.78, 5) is 0. The van der Waals surface area contributed by atoms with Crippen LogP contribution in [0.25, 0.3) is 0 Å². The molecule has 0 amide bonds. The molecule has 0 saturated heterocycles. The van der Waals surface area contributed by atoms with Crippen LogP contribution < -0.4 is 0 Å². The Balaban J connectivity index is 3.26. The minimum atomic E-state index is -6.10. The summed E-state index contributed by atoms with van der Waals surface area (Å²) in [7, 11) is -12.2. The lowest BCUT2D eigenvalue weighted by Gasteiger charge is -2.34. The van der Waals surface area contributed by atoms with Crippen molar-refractivity contribution in [1.29, 1.82) is 0 Å². The van der Waals surface area contributed by atoms with Gasteiger partial charge in [-0.05, 0) is 31.9 Å². The zero-order chi connectivity index (χ0) is 19.9. The third-order valence-electron chi connectivity index (χ3n) is 3.37. The lowest BCUT2D eigenvalue weighted by atomic mass is 9.80. The second-order valence-corrected chi connectivity index (χ2v) is 8.10. The minimum Gasteiger partial charge on any atom is -0.380 e. The second-order valence-electron chi connectivity index (χ2n) is 5.02. The van der Waals surface area contributed by atoms with Gasteiger partial charge in [-0.1, -0.05) is 6.92 Å². The molecule has 0 bridgehead atoms. The first-order chi connectivity index (χ1) is 11.0. The van der Waals surface area contributed by atoms with Crippen LogP contribution in [0, 0.1) is 5.41 Å². The maximum Gasteiger partial charge on any atom is 0.534 e. The number of hydrogen-bond donors (Lipinski definition) is 0. The summed E-state index contributed by atoms with van der Waals surface area (Å²) in [6.07, 6.45) is 1.03. The van der Waals surface area contributed by atoms with Gasteiger partial charge in [0.1, 0.15) is 11.5 Å². The molecule has 1 aliphatic carbocycles. The van der Waals surface area contributed by atoms with Gasteiger partial charge in [-0.3, -0.25) is 0 Å². The molecule has 0 saturated carbocycles. The van der Waals surface area contributed by atoms with Gasteiger partial charge in [0.2, 0.25) is 0 Å². The third-order valence-corrected chi connectivity index (χ3v) is 5.30. The van der Waals surface area contributed by atoms with E-state index in [0.717, 1.165) is 19.1 Å². The normalized spacial score (nSPS) is 19.0. The first-order valence-corrected chi connectivity index (χ1v) is 9.22. The van der Waals surface area contributed by atoms with Gasteiger partial charge in [0.25, 0.3) is 0 Å². The SMILES string of the molecule is CCC1(C)C(OS(=O)(=O)C(F)(F)F)=CCC=C1OS(=O)(=O)C(F)(F)F. The standard InChI is InChI=1S/C11H12F6O6S2/c1-3-9(2)7(22-24(18,19)10(12,13)14)5-4-6-8(9)23-25(20,21)11(15,16)17/h5-6H,3-4H2,1-2H3. The van der Waals surface area contributed by atoms with Crippen LogP contribution in [-0.2, 0) is 28.6 Å². The molecule has 146 valence electrons. The maximum atomic E-state index is 12.4. The smallest absolute Gasteiger partial charge is 0.380 e. The predicted molar refractivity (Wildman–Crippen MR) is 71.3 cm³/mol. The molecule has 1 aliphatic rings. The van der Waals surface area contributed by atoms with Gasteiger partial charge in [-0.2, -0.15) is 43.2 Å². The van der Waals surface area contributed by atoms with Crippen molar-refractivity contribution in [2.45, 2.75) is 37.7 Å². The maximum absolute atomic E-state index is 12.4. The summed E-state index contributed by atoms with van der Waals surface area (Å²) in [5.41, 5.74) is -13.5. The molecule has 0 aromatic carbocycles. The molecular weight excluding hydrogens is 406 g/mol. The van der Waals surface area contributed by atoms with E-state index in [0.29, 0.717) is 0 Å². The van der Waals surface area contributed by atoms with Gasteiger partial charge in [-0.15, -0.1) is 0 Å². The van der Waals surface area contributed by atoms with E-state index in [1.165, 1.54) is 6.92 Å². The lowest BCUT2D eigenvalue weighted by Crippen LogP contribution is -2.35. The van der Waals surface area contributed by atoms with E-state index in [4.69, 9.17) is 0 Å². The van der Waals surface area contributed by atoms with Crippen LogP contribution in [0.5, 0.6) is 0 Å². The van der Waals surface area contributed by atoms with Gasteiger partial charge < -0.3 is 8.37 Å². The van der Waals surface area contributed by atoms with Gasteiger partial charge in [-0.25, -0.2) is 0 Å². The van der Waals surface area contributed by atoms with Gasteiger partial charge in [0, 0.05) is 0 Å². The number of alkyl halides is 6. The zero-order valence-corrected chi connectivity index (χ0v) is 14.2. The van der Waals surface area contributed by atoms with Crippen molar-refractivity contribution in [1.82, 2.24) is 0 Å². The van der Waals surface area contributed by atoms with E-state index in [1.807, 2.05) is 0 Å². The highest BCUT2D eigenvalue weighted by Gasteiger charge is 2.54. The van der Waals surface area contributed by atoms with E-state index >= 15 is 0 Å². The third kappa shape index (κ3) is 4.22. The van der Waals surface area contributed by atoms with Crippen LogP contribution in [-0.4, -0.2) is 27.9 Å². The molecule has 0 radical (unpaired) electrons. The summed E-state index contributed by atoms with van der Waals surface area (Å²) in [5.74, 6) is -1.77. The van der Waals surface area contributed by atoms with Crippen LogP contribution in [0.2, 0.25) is 0 Å². The van der Waals surface area contributed by atoms with Crippen molar-refractivity contribution in [3.8, 4) is 0 Å². The Kier molecular flexibility index (Phi) is 5.51. The predicted octanol–water partition coefficient (Wildman–Crippen LogP) is 3.31. The van der Waals surface area contributed by atoms with Crippen molar-refractivity contribution >= 4 is 20.2 Å². The van der Waals surface area contributed by atoms with Crippen molar-refractivity contribution in [3.05, 3.63) is 23.7 Å². The molecule has 25 heavy (non-hydrogen) atoms. The average molecular weight is 418 g/mol. The molecule has 0 heterocycles. The Labute approximate surface area is 139 Å². The fourth-order valence-corrected chi connectivity index (χ4v) is 2.94. The van der Waals surface area contributed by atoms with Crippen molar-refractivity contribution in [2.75, 3.05) is 0 Å². The second kappa shape index (κ2) is 6.37. The molecule has 0 spiro atoms. The number of allylic oxidation sites excluding steroid dienone is 2. The van der Waals surface area contributed by atoms with E-state index in [1.54, 1.807) is 0 Å². The molecule has 0 aliphatic heterocycles. The highest BCUT2D eigenvalue weighted by molar-refractivity contribution is 7.88. The largest absolute Gasteiger partial charge is 0.534 e. The lowest BCUT2D eigenvalue weighted by molar-refractivity contribution is -0.0547. The highest BCUT2D eigenvalue weighted by Crippen LogP contribution is 2.46. The summed E-state index contributed by atoms with van der Waals surface area (Å²) >= 11 is 0. The Hall–Kier alpha value is -1.44. The quantitative estimate of drug-likeness (QED) is 0.387.